The van der Waals surface area contributed by atoms with E-state index in [4.69, 9.17) is 4.74 Å². The summed E-state index contributed by atoms with van der Waals surface area (Å²) < 4.78 is 5.65. The lowest BCUT2D eigenvalue weighted by Crippen LogP contribution is -2.32. The van der Waals surface area contributed by atoms with Crippen LogP contribution < -0.4 is 15.4 Å². The number of nitrogens with one attached hydrogen (secondary N) is 2. The molecule has 0 fully saturated rings. The molecular formula is C18H25Cl2N3O2. The zero-order valence-corrected chi connectivity index (χ0v) is 15.9. The first-order valence-corrected chi connectivity index (χ1v) is 7.91. The molecule has 2 N–H and O–H groups in total. The Morgan fingerprint density at radius 3 is 2.44 bits per heavy atom. The fourth-order valence-corrected chi connectivity index (χ4v) is 2.01. The predicted molar refractivity (Wildman–Crippen MR) is 105 cm³/mol. The van der Waals surface area contributed by atoms with Crippen LogP contribution in [0, 0.1) is 0 Å². The van der Waals surface area contributed by atoms with Gasteiger partial charge in [0.05, 0.1) is 5.69 Å². The van der Waals surface area contributed by atoms with Gasteiger partial charge in [-0.2, -0.15) is 0 Å². The van der Waals surface area contributed by atoms with E-state index in [2.05, 4.69) is 22.5 Å². The van der Waals surface area contributed by atoms with E-state index in [1.54, 1.807) is 30.5 Å². The lowest BCUT2D eigenvalue weighted by atomic mass is 10.2. The van der Waals surface area contributed by atoms with E-state index < -0.39 is 0 Å². The molecule has 0 atom stereocenters. The van der Waals surface area contributed by atoms with Gasteiger partial charge in [0.2, 0.25) is 0 Å². The van der Waals surface area contributed by atoms with Crippen LogP contribution in [0.25, 0.3) is 0 Å². The number of hydrogen-bond acceptors (Lipinski definition) is 4. The van der Waals surface area contributed by atoms with Crippen molar-refractivity contribution in [2.75, 3.05) is 19.6 Å². The minimum atomic E-state index is -0.0698. The number of amides is 1. The summed E-state index contributed by atoms with van der Waals surface area (Å²) >= 11 is 0. The molecule has 0 aliphatic carbocycles. The van der Waals surface area contributed by atoms with Crippen molar-refractivity contribution in [3.05, 3.63) is 59.9 Å². The van der Waals surface area contributed by atoms with E-state index in [0.717, 1.165) is 31.0 Å². The Bertz CT molecular complexity index is 595. The molecule has 1 heterocycles. The molecule has 2 rings (SSSR count). The number of nitrogens with zero attached hydrogens (tertiary/aromatic N) is 1. The third-order valence-corrected chi connectivity index (χ3v) is 3.24. The summed E-state index contributed by atoms with van der Waals surface area (Å²) in [7, 11) is 0. The van der Waals surface area contributed by atoms with Gasteiger partial charge >= 0.3 is 0 Å². The van der Waals surface area contributed by atoms with Crippen LogP contribution in [-0.2, 0) is 6.61 Å². The lowest BCUT2D eigenvalue weighted by molar-refractivity contribution is 0.0954. The van der Waals surface area contributed by atoms with E-state index in [9.17, 15) is 4.79 Å². The van der Waals surface area contributed by atoms with E-state index in [1.165, 1.54) is 0 Å². The standard InChI is InChI=1S/C18H23N3O2.2ClH/c1-2-10-19-12-13-21-18(22)15-6-8-17(9-7-15)23-14-16-5-3-4-11-20-16;;/h3-9,11,19H,2,10,12-14H2,1H3,(H,21,22);2*1H. The normalized spacial score (nSPS) is 9.48. The Morgan fingerprint density at radius 2 is 1.80 bits per heavy atom. The average Bonchev–Trinajstić information content (AvgIpc) is 2.61. The van der Waals surface area contributed by atoms with Crippen LogP contribution >= 0.6 is 24.8 Å². The maximum Gasteiger partial charge on any atom is 0.251 e. The summed E-state index contributed by atoms with van der Waals surface area (Å²) in [5.41, 5.74) is 1.50. The van der Waals surface area contributed by atoms with Crippen LogP contribution in [0.2, 0.25) is 0 Å². The van der Waals surface area contributed by atoms with Gasteiger partial charge in [0.15, 0.2) is 0 Å². The van der Waals surface area contributed by atoms with E-state index in [-0.39, 0.29) is 30.7 Å². The molecule has 0 unspecified atom stereocenters. The maximum absolute atomic E-state index is 12.0. The molecule has 0 radical (unpaired) electrons. The highest BCUT2D eigenvalue weighted by molar-refractivity contribution is 5.94. The SMILES string of the molecule is CCCNCCNC(=O)c1ccc(OCc2ccccn2)cc1.Cl.Cl. The van der Waals surface area contributed by atoms with Crippen molar-refractivity contribution in [1.29, 1.82) is 0 Å². The van der Waals surface area contributed by atoms with Crippen molar-refractivity contribution in [2.24, 2.45) is 0 Å². The molecule has 0 aliphatic rings. The maximum atomic E-state index is 12.0. The topological polar surface area (TPSA) is 63.2 Å². The van der Waals surface area contributed by atoms with Crippen molar-refractivity contribution < 1.29 is 9.53 Å². The molecule has 0 saturated heterocycles. The van der Waals surface area contributed by atoms with Gasteiger partial charge in [-0.15, -0.1) is 24.8 Å². The third kappa shape index (κ3) is 8.72. The highest BCUT2D eigenvalue weighted by Crippen LogP contribution is 2.13. The Balaban J connectivity index is 0.00000288. The smallest absolute Gasteiger partial charge is 0.251 e. The number of aromatic nitrogens is 1. The average molecular weight is 386 g/mol. The number of pyridine rings is 1. The number of benzene rings is 1. The number of rotatable bonds is 9. The first-order valence-electron chi connectivity index (χ1n) is 7.91. The monoisotopic (exact) mass is 385 g/mol. The lowest BCUT2D eigenvalue weighted by Gasteiger charge is -2.08. The van der Waals surface area contributed by atoms with E-state index in [0.29, 0.717) is 18.7 Å². The van der Waals surface area contributed by atoms with Gasteiger partial charge in [-0.1, -0.05) is 13.0 Å². The Kier molecular flexibility index (Phi) is 12.5. The van der Waals surface area contributed by atoms with Gasteiger partial charge in [-0.05, 0) is 49.4 Å². The molecule has 1 aromatic heterocycles. The molecule has 25 heavy (non-hydrogen) atoms. The molecule has 138 valence electrons. The van der Waals surface area contributed by atoms with Crippen molar-refractivity contribution in [3.8, 4) is 5.75 Å². The molecule has 1 amide bonds. The van der Waals surface area contributed by atoms with Crippen molar-refractivity contribution in [3.63, 3.8) is 0 Å². The number of carbonyl (C=O) groups excluding carboxylic acids is 1. The molecule has 2 aromatic rings. The van der Waals surface area contributed by atoms with Gasteiger partial charge in [0, 0.05) is 24.8 Å². The summed E-state index contributed by atoms with van der Waals surface area (Å²) in [6, 6.07) is 12.8. The first kappa shape index (κ1) is 23.2. The van der Waals surface area contributed by atoms with Crippen LogP contribution in [0.1, 0.15) is 29.4 Å². The summed E-state index contributed by atoms with van der Waals surface area (Å²) in [6.07, 6.45) is 2.83. The second-order valence-electron chi connectivity index (χ2n) is 5.14. The minimum Gasteiger partial charge on any atom is -0.487 e. The van der Waals surface area contributed by atoms with Gasteiger partial charge in [-0.25, -0.2) is 0 Å². The van der Waals surface area contributed by atoms with Crippen molar-refractivity contribution in [1.82, 2.24) is 15.6 Å². The number of ether oxygens (including phenoxy) is 1. The Hall–Kier alpha value is -1.82. The molecule has 5 nitrogen and oxygen atoms in total. The van der Waals surface area contributed by atoms with Crippen LogP contribution in [0.5, 0.6) is 5.75 Å². The van der Waals surface area contributed by atoms with Gasteiger partial charge in [0.25, 0.3) is 5.91 Å². The predicted octanol–water partition coefficient (Wildman–Crippen LogP) is 3.23. The molecule has 1 aromatic carbocycles. The Morgan fingerprint density at radius 1 is 1.04 bits per heavy atom. The van der Waals surface area contributed by atoms with Crippen LogP contribution in [-0.4, -0.2) is 30.5 Å². The summed E-state index contributed by atoms with van der Waals surface area (Å²) in [5.74, 6) is 0.649. The van der Waals surface area contributed by atoms with Gasteiger partial charge < -0.3 is 15.4 Å². The largest absolute Gasteiger partial charge is 0.487 e. The molecule has 0 saturated carbocycles. The zero-order valence-electron chi connectivity index (χ0n) is 14.2. The van der Waals surface area contributed by atoms with Gasteiger partial charge in [-0.3, -0.25) is 9.78 Å². The highest BCUT2D eigenvalue weighted by Gasteiger charge is 2.05. The number of carbonyl (C=O) groups is 1. The minimum absolute atomic E-state index is 0. The molecule has 0 bridgehead atoms. The van der Waals surface area contributed by atoms with Crippen LogP contribution in [0.4, 0.5) is 0 Å². The third-order valence-electron chi connectivity index (χ3n) is 3.24. The van der Waals surface area contributed by atoms with E-state index >= 15 is 0 Å². The van der Waals surface area contributed by atoms with Gasteiger partial charge in [0.1, 0.15) is 12.4 Å². The summed E-state index contributed by atoms with van der Waals surface area (Å²) in [5, 5.41) is 6.13. The van der Waals surface area contributed by atoms with Crippen LogP contribution in [0.15, 0.2) is 48.7 Å². The quantitative estimate of drug-likeness (QED) is 0.650. The Labute approximate surface area is 161 Å². The van der Waals surface area contributed by atoms with E-state index in [1.807, 2.05) is 18.2 Å². The molecule has 7 heteroatoms. The molecular weight excluding hydrogens is 361 g/mol. The van der Waals surface area contributed by atoms with Crippen molar-refractivity contribution in [2.45, 2.75) is 20.0 Å². The number of hydrogen-bond donors (Lipinski definition) is 2. The highest BCUT2D eigenvalue weighted by atomic mass is 35.5. The summed E-state index contributed by atoms with van der Waals surface area (Å²) in [6.45, 7) is 4.90. The fourth-order valence-electron chi connectivity index (χ4n) is 2.01. The number of halogens is 2. The van der Waals surface area contributed by atoms with Crippen LogP contribution in [0.3, 0.4) is 0 Å². The summed E-state index contributed by atoms with van der Waals surface area (Å²) in [4.78, 5) is 16.2. The molecule has 0 aliphatic heterocycles. The zero-order chi connectivity index (χ0) is 16.3. The fraction of sp³-hybridized carbons (Fsp3) is 0.333. The second kappa shape index (κ2) is 13.5. The first-order chi connectivity index (χ1) is 11.3. The van der Waals surface area contributed by atoms with Crippen molar-refractivity contribution >= 4 is 30.7 Å². The molecule has 0 spiro atoms. The second-order valence-corrected chi connectivity index (χ2v) is 5.14.